The van der Waals surface area contributed by atoms with Crippen molar-refractivity contribution in [3.8, 4) is 5.75 Å². The van der Waals surface area contributed by atoms with Gasteiger partial charge in [0, 0.05) is 11.6 Å². The van der Waals surface area contributed by atoms with E-state index in [0.717, 1.165) is 17.0 Å². The molecule has 0 aromatic heterocycles. The normalized spacial score (nSPS) is 12.0. The summed E-state index contributed by atoms with van der Waals surface area (Å²) in [7, 11) is 1.61. The third-order valence-corrected chi connectivity index (χ3v) is 4.64. The average Bonchev–Trinajstić information content (AvgIpc) is 2.80. The molecule has 0 bridgehead atoms. The first-order valence-electron chi connectivity index (χ1n) is 9.60. The molecule has 1 unspecified atom stereocenters. The topological polar surface area (TPSA) is 88.3 Å². The molecule has 0 radical (unpaired) electrons. The molecule has 0 aliphatic rings. The van der Waals surface area contributed by atoms with Crippen LogP contribution in [0, 0.1) is 0 Å². The molecule has 0 spiro atoms. The number of ether oxygens (including phenoxy) is 1. The van der Waals surface area contributed by atoms with Gasteiger partial charge in [-0.15, -0.1) is 0 Å². The van der Waals surface area contributed by atoms with Gasteiger partial charge in [0.05, 0.1) is 12.8 Å². The Kier molecular flexibility index (Phi) is 6.95. The molecule has 6 heteroatoms. The first-order valence-corrected chi connectivity index (χ1v) is 9.60. The van der Waals surface area contributed by atoms with Crippen LogP contribution in [0.1, 0.15) is 18.4 Å². The number of para-hydroxylation sites is 2. The van der Waals surface area contributed by atoms with E-state index in [-0.39, 0.29) is 11.6 Å². The minimum absolute atomic E-state index is 0.0394. The Labute approximate surface area is 176 Å². The molecule has 30 heavy (non-hydrogen) atoms. The van der Waals surface area contributed by atoms with Crippen molar-refractivity contribution >= 4 is 28.7 Å². The van der Waals surface area contributed by atoms with E-state index in [9.17, 15) is 4.79 Å². The van der Waals surface area contributed by atoms with Crippen LogP contribution in [0.5, 0.6) is 5.75 Å². The minimum Gasteiger partial charge on any atom is -0.497 e. The van der Waals surface area contributed by atoms with Crippen LogP contribution in [0.25, 0.3) is 0 Å². The minimum atomic E-state index is -0.412. The standard InChI is InChI=1S/C24H24N4O2/c1-17(18-10-9-15-21(16-18)30-2)23(28-27-20-13-7-4-8-14-20)22(25)24(29)26-19-11-5-3-6-12-19/h3-17,25,27H,1-2H3,(H,26,29)/p+1/b25-22?,28-23-. The molecule has 0 saturated carbocycles. The third-order valence-electron chi connectivity index (χ3n) is 4.64. The second-order valence-electron chi connectivity index (χ2n) is 6.71. The lowest BCUT2D eigenvalue weighted by atomic mass is 9.92. The van der Waals surface area contributed by atoms with E-state index in [1.165, 1.54) is 0 Å². The molecule has 0 fully saturated rings. The van der Waals surface area contributed by atoms with Crippen molar-refractivity contribution in [3.63, 3.8) is 0 Å². The van der Waals surface area contributed by atoms with E-state index in [1.807, 2.05) is 79.7 Å². The number of hydrogen-bond donors (Lipinski definition) is 3. The highest BCUT2D eigenvalue weighted by Crippen LogP contribution is 2.23. The number of rotatable bonds is 8. The summed E-state index contributed by atoms with van der Waals surface area (Å²) in [4.78, 5) is 12.8. The first-order chi connectivity index (χ1) is 14.6. The van der Waals surface area contributed by atoms with E-state index < -0.39 is 5.91 Å². The van der Waals surface area contributed by atoms with Crippen molar-refractivity contribution in [2.75, 3.05) is 17.9 Å². The molecule has 1 atom stereocenters. The molecule has 6 nitrogen and oxygen atoms in total. The highest BCUT2D eigenvalue weighted by Gasteiger charge is 2.28. The molecule has 152 valence electrons. The van der Waals surface area contributed by atoms with Gasteiger partial charge in [-0.1, -0.05) is 55.5 Å². The lowest BCUT2D eigenvalue weighted by Crippen LogP contribution is -2.53. The molecule has 3 rings (SSSR count). The number of hydrogen-bond acceptors (Lipinski definition) is 4. The van der Waals surface area contributed by atoms with E-state index in [2.05, 4.69) is 15.8 Å². The Hall–Kier alpha value is -3.93. The van der Waals surface area contributed by atoms with Crippen LogP contribution in [0.4, 0.5) is 11.4 Å². The molecular formula is C24H25N4O2+. The van der Waals surface area contributed by atoms with Crippen molar-refractivity contribution in [1.29, 1.82) is 0 Å². The van der Waals surface area contributed by atoms with Gasteiger partial charge in [0.15, 0.2) is 0 Å². The van der Waals surface area contributed by atoms with Crippen molar-refractivity contribution in [2.24, 2.45) is 5.10 Å². The van der Waals surface area contributed by atoms with Crippen molar-refractivity contribution in [2.45, 2.75) is 12.8 Å². The largest absolute Gasteiger partial charge is 0.497 e. The van der Waals surface area contributed by atoms with Crippen LogP contribution >= 0.6 is 0 Å². The van der Waals surface area contributed by atoms with Gasteiger partial charge in [0.2, 0.25) is 0 Å². The Morgan fingerprint density at radius 1 is 0.933 bits per heavy atom. The zero-order chi connectivity index (χ0) is 21.3. The van der Waals surface area contributed by atoms with Gasteiger partial charge in [-0.05, 0) is 42.0 Å². The van der Waals surface area contributed by atoms with Gasteiger partial charge in [-0.3, -0.25) is 10.2 Å². The van der Waals surface area contributed by atoms with Crippen LogP contribution < -0.4 is 20.9 Å². The summed E-state index contributed by atoms with van der Waals surface area (Å²) < 4.78 is 5.33. The number of hydrazone groups is 1. The zero-order valence-corrected chi connectivity index (χ0v) is 17.0. The van der Waals surface area contributed by atoms with Crippen LogP contribution in [0.2, 0.25) is 0 Å². The maximum atomic E-state index is 12.8. The fourth-order valence-electron chi connectivity index (χ4n) is 2.93. The number of carbonyl (C=O) groups excluding carboxylic acids is 1. The van der Waals surface area contributed by atoms with Gasteiger partial charge in [-0.25, -0.2) is 5.41 Å². The number of carbonyl (C=O) groups is 1. The highest BCUT2D eigenvalue weighted by molar-refractivity contribution is 6.67. The summed E-state index contributed by atoms with van der Waals surface area (Å²) in [5, 5.41) is 13.6. The monoisotopic (exact) mass is 401 g/mol. The highest BCUT2D eigenvalue weighted by atomic mass is 16.5. The molecular weight excluding hydrogens is 376 g/mol. The van der Waals surface area contributed by atoms with Crippen molar-refractivity contribution < 1.29 is 14.9 Å². The molecule has 0 saturated heterocycles. The lowest BCUT2D eigenvalue weighted by molar-refractivity contribution is -0.131. The summed E-state index contributed by atoms with van der Waals surface area (Å²) in [6.07, 6.45) is 0. The quantitative estimate of drug-likeness (QED) is 0.400. The van der Waals surface area contributed by atoms with Crippen LogP contribution in [0.15, 0.2) is 90.0 Å². The lowest BCUT2D eigenvalue weighted by Gasteiger charge is -2.15. The Balaban J connectivity index is 1.89. The predicted octanol–water partition coefficient (Wildman–Crippen LogP) is 3.11. The van der Waals surface area contributed by atoms with Crippen molar-refractivity contribution in [1.82, 2.24) is 0 Å². The molecule has 1 amide bonds. The number of nitrogens with zero attached hydrogens (tertiary/aromatic N) is 1. The second kappa shape index (κ2) is 10.0. The SMILES string of the molecule is COc1cccc(C(C)/C(=N/Nc2ccccc2)C(=[NH2+])C(=O)Nc2ccccc2)c1. The fraction of sp³-hybridized carbons (Fsp3) is 0.125. The Bertz CT molecular complexity index is 1030. The summed E-state index contributed by atoms with van der Waals surface area (Å²) in [5.41, 5.74) is 5.86. The van der Waals surface area contributed by atoms with E-state index in [1.54, 1.807) is 19.2 Å². The van der Waals surface area contributed by atoms with Gasteiger partial charge >= 0.3 is 5.91 Å². The Morgan fingerprint density at radius 2 is 1.57 bits per heavy atom. The summed E-state index contributed by atoms with van der Waals surface area (Å²) >= 11 is 0. The number of nitrogens with one attached hydrogen (secondary N) is 2. The Morgan fingerprint density at radius 3 is 2.20 bits per heavy atom. The van der Waals surface area contributed by atoms with Gasteiger partial charge in [0.1, 0.15) is 11.5 Å². The van der Waals surface area contributed by atoms with Crippen LogP contribution in [-0.4, -0.2) is 24.4 Å². The molecule has 0 heterocycles. The zero-order valence-electron chi connectivity index (χ0n) is 17.0. The van der Waals surface area contributed by atoms with Gasteiger partial charge in [-0.2, -0.15) is 5.10 Å². The molecule has 0 aliphatic heterocycles. The summed E-state index contributed by atoms with van der Waals surface area (Å²) in [6, 6.07) is 26.3. The maximum Gasteiger partial charge on any atom is 0.321 e. The number of amides is 1. The number of benzene rings is 3. The van der Waals surface area contributed by atoms with Crippen molar-refractivity contribution in [3.05, 3.63) is 90.5 Å². The first kappa shape index (κ1) is 20.8. The molecule has 0 aliphatic carbocycles. The van der Waals surface area contributed by atoms with Gasteiger partial charge < -0.3 is 10.1 Å². The number of nitrogens with two attached hydrogens (primary N) is 1. The molecule has 3 aromatic carbocycles. The van der Waals surface area contributed by atoms with E-state index in [0.29, 0.717) is 11.4 Å². The van der Waals surface area contributed by atoms with E-state index >= 15 is 0 Å². The predicted molar refractivity (Wildman–Crippen MR) is 121 cm³/mol. The average molecular weight is 401 g/mol. The number of methoxy groups -OCH3 is 1. The summed E-state index contributed by atoms with van der Waals surface area (Å²) in [5.74, 6) is 0.0596. The van der Waals surface area contributed by atoms with Crippen LogP contribution in [-0.2, 0) is 4.79 Å². The van der Waals surface area contributed by atoms with Gasteiger partial charge in [0.25, 0.3) is 5.71 Å². The fourth-order valence-corrected chi connectivity index (χ4v) is 2.93. The third kappa shape index (κ3) is 5.32. The molecule has 4 N–H and O–H groups in total. The van der Waals surface area contributed by atoms with Crippen LogP contribution in [0.3, 0.4) is 0 Å². The summed E-state index contributed by atoms with van der Waals surface area (Å²) in [6.45, 7) is 1.95. The molecule has 3 aromatic rings. The maximum absolute atomic E-state index is 12.8. The van der Waals surface area contributed by atoms with E-state index in [4.69, 9.17) is 10.1 Å². The number of anilines is 2. The smallest absolute Gasteiger partial charge is 0.321 e. The second-order valence-corrected chi connectivity index (χ2v) is 6.71.